The quantitative estimate of drug-likeness (QED) is 0.608. The summed E-state index contributed by atoms with van der Waals surface area (Å²) >= 11 is 0. The van der Waals surface area contributed by atoms with Crippen molar-refractivity contribution in [3.05, 3.63) is 90.5 Å². The Kier molecular flexibility index (Phi) is 8.46. The van der Waals surface area contributed by atoms with E-state index in [1.54, 1.807) is 54.6 Å². The van der Waals surface area contributed by atoms with Crippen molar-refractivity contribution < 1.29 is 15.3 Å². The van der Waals surface area contributed by atoms with Crippen molar-refractivity contribution in [3.8, 4) is 17.2 Å². The van der Waals surface area contributed by atoms with E-state index in [1.807, 2.05) is 37.3 Å². The largest absolute Gasteiger partial charge is 0.508 e. The standard InChI is InChI=1S/C8H10O.2C6H6O/c1-2-7-5-3-4-6-8(7)9;2*7-6-4-2-1-3-5-6/h3-6,9H,2H2,1H3;2*1-5,7H. The van der Waals surface area contributed by atoms with Gasteiger partial charge in [0.2, 0.25) is 0 Å². The van der Waals surface area contributed by atoms with Crippen LogP contribution in [0.4, 0.5) is 0 Å². The normalized spacial score (nSPS) is 8.91. The molecule has 0 atom stereocenters. The molecule has 0 fully saturated rings. The molecular formula is C20H22O3. The molecule has 0 aliphatic carbocycles. The van der Waals surface area contributed by atoms with E-state index in [-0.39, 0.29) is 0 Å². The molecule has 0 aliphatic heterocycles. The Balaban J connectivity index is 0.000000175. The van der Waals surface area contributed by atoms with E-state index in [4.69, 9.17) is 15.3 Å². The number of phenols is 3. The number of hydrogen-bond acceptors (Lipinski definition) is 3. The highest BCUT2D eigenvalue weighted by Gasteiger charge is 1.92. The number of aromatic hydroxyl groups is 3. The summed E-state index contributed by atoms with van der Waals surface area (Å²) in [5.74, 6) is 1.05. The highest BCUT2D eigenvalue weighted by atomic mass is 16.3. The molecule has 0 bridgehead atoms. The molecule has 3 rings (SSSR count). The van der Waals surface area contributed by atoms with E-state index < -0.39 is 0 Å². The topological polar surface area (TPSA) is 60.7 Å². The molecule has 3 nitrogen and oxygen atoms in total. The van der Waals surface area contributed by atoms with Gasteiger partial charge in [-0.2, -0.15) is 0 Å². The Bertz CT molecular complexity index is 615. The predicted octanol–water partition coefficient (Wildman–Crippen LogP) is 4.74. The molecule has 0 heterocycles. The molecule has 0 spiro atoms. The van der Waals surface area contributed by atoms with Gasteiger partial charge in [-0.15, -0.1) is 0 Å². The van der Waals surface area contributed by atoms with E-state index in [2.05, 4.69) is 0 Å². The van der Waals surface area contributed by atoms with Crippen LogP contribution < -0.4 is 0 Å². The lowest BCUT2D eigenvalue weighted by Gasteiger charge is -1.97. The van der Waals surface area contributed by atoms with Crippen molar-refractivity contribution in [2.24, 2.45) is 0 Å². The van der Waals surface area contributed by atoms with Gasteiger partial charge in [0.15, 0.2) is 0 Å². The third-order valence-electron chi connectivity index (χ3n) is 2.88. The predicted molar refractivity (Wildman–Crippen MR) is 93.7 cm³/mol. The van der Waals surface area contributed by atoms with E-state index in [0.717, 1.165) is 12.0 Å². The molecule has 0 aromatic heterocycles. The Labute approximate surface area is 137 Å². The van der Waals surface area contributed by atoms with Crippen LogP contribution in [0.25, 0.3) is 0 Å². The van der Waals surface area contributed by atoms with Crippen molar-refractivity contribution in [1.29, 1.82) is 0 Å². The Morgan fingerprint density at radius 2 is 0.957 bits per heavy atom. The highest BCUT2D eigenvalue weighted by molar-refractivity contribution is 5.31. The summed E-state index contributed by atoms with van der Waals surface area (Å²) in [6, 6.07) is 24.8. The summed E-state index contributed by atoms with van der Waals surface area (Å²) in [6.07, 6.45) is 0.896. The maximum absolute atomic E-state index is 9.11. The molecule has 120 valence electrons. The van der Waals surface area contributed by atoms with Gasteiger partial charge in [-0.05, 0) is 42.3 Å². The first kappa shape index (κ1) is 18.1. The minimum atomic E-state index is 0.322. The van der Waals surface area contributed by atoms with Gasteiger partial charge in [0, 0.05) is 0 Å². The second-order valence-electron chi connectivity index (χ2n) is 4.65. The minimum absolute atomic E-state index is 0.322. The summed E-state index contributed by atoms with van der Waals surface area (Å²) in [5.41, 5.74) is 1.01. The van der Waals surface area contributed by atoms with Gasteiger partial charge in [-0.25, -0.2) is 0 Å². The van der Waals surface area contributed by atoms with Crippen LogP contribution in [0.1, 0.15) is 12.5 Å². The molecule has 0 amide bonds. The summed E-state index contributed by atoms with van der Waals surface area (Å²) in [6.45, 7) is 2.02. The van der Waals surface area contributed by atoms with Gasteiger partial charge in [0.05, 0.1) is 0 Å². The maximum Gasteiger partial charge on any atom is 0.118 e. The number of benzene rings is 3. The van der Waals surface area contributed by atoms with Crippen LogP contribution in [0.5, 0.6) is 17.2 Å². The summed E-state index contributed by atoms with van der Waals surface area (Å²) in [5, 5.41) is 26.4. The summed E-state index contributed by atoms with van der Waals surface area (Å²) in [7, 11) is 0. The molecule has 0 saturated heterocycles. The molecule has 3 N–H and O–H groups in total. The smallest absolute Gasteiger partial charge is 0.118 e. The van der Waals surface area contributed by atoms with Gasteiger partial charge in [0.25, 0.3) is 0 Å². The molecule has 3 aromatic carbocycles. The van der Waals surface area contributed by atoms with Crippen molar-refractivity contribution in [3.63, 3.8) is 0 Å². The fourth-order valence-corrected chi connectivity index (χ4v) is 1.67. The SMILES string of the molecule is CCc1ccccc1O.Oc1ccccc1.Oc1ccccc1. The van der Waals surface area contributed by atoms with Crippen molar-refractivity contribution >= 4 is 0 Å². The lowest BCUT2D eigenvalue weighted by molar-refractivity contribution is 0.469. The van der Waals surface area contributed by atoms with Crippen molar-refractivity contribution in [2.75, 3.05) is 0 Å². The lowest BCUT2D eigenvalue weighted by atomic mass is 10.1. The second kappa shape index (κ2) is 10.7. The third-order valence-corrected chi connectivity index (χ3v) is 2.88. The van der Waals surface area contributed by atoms with Gasteiger partial charge >= 0.3 is 0 Å². The molecule has 0 saturated carbocycles. The second-order valence-corrected chi connectivity index (χ2v) is 4.65. The van der Waals surface area contributed by atoms with E-state index in [0.29, 0.717) is 17.2 Å². The Morgan fingerprint density at radius 1 is 0.565 bits per heavy atom. The van der Waals surface area contributed by atoms with E-state index in [9.17, 15) is 0 Å². The lowest BCUT2D eigenvalue weighted by Crippen LogP contribution is -1.77. The summed E-state index contributed by atoms with van der Waals surface area (Å²) < 4.78 is 0. The Hall–Kier alpha value is -2.94. The zero-order chi connectivity index (χ0) is 16.9. The van der Waals surface area contributed by atoms with Crippen LogP contribution in [0.2, 0.25) is 0 Å². The highest BCUT2D eigenvalue weighted by Crippen LogP contribution is 2.14. The van der Waals surface area contributed by atoms with Gasteiger partial charge in [0.1, 0.15) is 17.2 Å². The molecule has 0 radical (unpaired) electrons. The van der Waals surface area contributed by atoms with Gasteiger partial charge in [-0.1, -0.05) is 61.5 Å². The van der Waals surface area contributed by atoms with E-state index in [1.165, 1.54) is 0 Å². The Morgan fingerprint density at radius 3 is 1.22 bits per heavy atom. The average Bonchev–Trinajstić information content (AvgIpc) is 2.58. The number of phenolic OH excluding ortho intramolecular Hbond substituents is 3. The molecule has 3 heteroatoms. The number of hydrogen-bond donors (Lipinski definition) is 3. The number of para-hydroxylation sites is 3. The van der Waals surface area contributed by atoms with Gasteiger partial charge < -0.3 is 15.3 Å². The fourth-order valence-electron chi connectivity index (χ4n) is 1.67. The zero-order valence-corrected chi connectivity index (χ0v) is 13.1. The monoisotopic (exact) mass is 310 g/mol. The summed E-state index contributed by atoms with van der Waals surface area (Å²) in [4.78, 5) is 0. The first-order valence-electron chi connectivity index (χ1n) is 7.38. The molecule has 0 aliphatic rings. The molecule has 3 aromatic rings. The van der Waals surface area contributed by atoms with E-state index >= 15 is 0 Å². The molecular weight excluding hydrogens is 288 g/mol. The first-order chi connectivity index (χ1) is 11.1. The van der Waals surface area contributed by atoms with Crippen LogP contribution in [0.3, 0.4) is 0 Å². The zero-order valence-electron chi connectivity index (χ0n) is 13.1. The van der Waals surface area contributed by atoms with Crippen molar-refractivity contribution in [1.82, 2.24) is 0 Å². The first-order valence-corrected chi connectivity index (χ1v) is 7.38. The molecule has 0 unspecified atom stereocenters. The molecule has 23 heavy (non-hydrogen) atoms. The van der Waals surface area contributed by atoms with Crippen molar-refractivity contribution in [2.45, 2.75) is 13.3 Å². The van der Waals surface area contributed by atoms with Crippen LogP contribution in [-0.2, 0) is 6.42 Å². The number of aryl methyl sites for hydroxylation is 1. The minimum Gasteiger partial charge on any atom is -0.508 e. The average molecular weight is 310 g/mol. The maximum atomic E-state index is 9.11. The van der Waals surface area contributed by atoms with Crippen LogP contribution >= 0.6 is 0 Å². The van der Waals surface area contributed by atoms with Crippen LogP contribution in [-0.4, -0.2) is 15.3 Å². The van der Waals surface area contributed by atoms with Gasteiger partial charge in [-0.3, -0.25) is 0 Å². The number of rotatable bonds is 1. The van der Waals surface area contributed by atoms with Crippen LogP contribution in [0, 0.1) is 0 Å². The third kappa shape index (κ3) is 8.17. The fraction of sp³-hybridized carbons (Fsp3) is 0.100. The van der Waals surface area contributed by atoms with Crippen LogP contribution in [0.15, 0.2) is 84.9 Å².